The molecule has 0 aliphatic rings. The van der Waals surface area contributed by atoms with Gasteiger partial charge in [-0.3, -0.25) is 5.32 Å². The lowest BCUT2D eigenvalue weighted by molar-refractivity contribution is 0.221. The zero-order chi connectivity index (χ0) is 11.1. The molecule has 1 N–H and O–H groups in total. The Morgan fingerprint density at radius 1 is 1.53 bits per heavy atom. The van der Waals surface area contributed by atoms with Gasteiger partial charge in [-0.05, 0) is 0 Å². The maximum atomic E-state index is 11.6. The molecular formula is C10H13N3O2. The highest BCUT2D eigenvalue weighted by molar-refractivity contribution is 5.87. The van der Waals surface area contributed by atoms with Gasteiger partial charge in [0.2, 0.25) is 5.88 Å². The predicted octanol–water partition coefficient (Wildman–Crippen LogP) is 1.88. The zero-order valence-electron chi connectivity index (χ0n) is 8.35. The Labute approximate surface area is 88.0 Å². The van der Waals surface area contributed by atoms with E-state index in [2.05, 4.69) is 23.6 Å². The van der Waals surface area contributed by atoms with Gasteiger partial charge in [-0.15, -0.1) is 13.2 Å². The highest BCUT2D eigenvalue weighted by Gasteiger charge is 2.11. The number of hydrogen-bond acceptors (Lipinski definition) is 3. The predicted molar refractivity (Wildman–Crippen MR) is 57.5 cm³/mol. The number of hydrogen-bond donors (Lipinski definition) is 1. The van der Waals surface area contributed by atoms with Crippen LogP contribution < -0.4 is 5.32 Å². The molecule has 1 heterocycles. The second-order valence-corrected chi connectivity index (χ2v) is 2.79. The third kappa shape index (κ3) is 3.30. The smallest absolute Gasteiger partial charge is 0.324 e. The van der Waals surface area contributed by atoms with Crippen molar-refractivity contribution < 1.29 is 9.32 Å². The van der Waals surface area contributed by atoms with Crippen molar-refractivity contribution in [3.63, 3.8) is 0 Å². The fraction of sp³-hybridized carbons (Fsp3) is 0.200. The Hall–Kier alpha value is -2.04. The number of amides is 2. The van der Waals surface area contributed by atoms with E-state index in [0.29, 0.717) is 19.0 Å². The quantitative estimate of drug-likeness (QED) is 0.750. The molecule has 5 nitrogen and oxygen atoms in total. The summed E-state index contributed by atoms with van der Waals surface area (Å²) < 4.78 is 4.75. The molecule has 15 heavy (non-hydrogen) atoms. The van der Waals surface area contributed by atoms with Crippen molar-refractivity contribution in [2.75, 3.05) is 18.4 Å². The molecule has 1 rings (SSSR count). The minimum absolute atomic E-state index is 0.272. The second kappa shape index (κ2) is 5.64. The van der Waals surface area contributed by atoms with Crippen LogP contribution in [0.25, 0.3) is 0 Å². The number of nitrogens with zero attached hydrogens (tertiary/aromatic N) is 2. The number of aromatic nitrogens is 1. The Balaban J connectivity index is 2.55. The lowest BCUT2D eigenvalue weighted by atomic mass is 10.4. The molecule has 0 saturated heterocycles. The molecule has 0 saturated carbocycles. The van der Waals surface area contributed by atoms with Crippen LogP contribution in [-0.4, -0.2) is 29.2 Å². The molecule has 0 spiro atoms. The molecule has 0 aromatic carbocycles. The van der Waals surface area contributed by atoms with E-state index < -0.39 is 0 Å². The first-order valence-corrected chi connectivity index (χ1v) is 4.46. The number of carbonyl (C=O) groups is 1. The fourth-order valence-corrected chi connectivity index (χ4v) is 1.02. The molecule has 0 unspecified atom stereocenters. The number of carbonyl (C=O) groups excluding carboxylic acids is 1. The molecule has 1 aromatic rings. The summed E-state index contributed by atoms with van der Waals surface area (Å²) in [6, 6.07) is 1.30. The molecule has 1 aromatic heterocycles. The fourth-order valence-electron chi connectivity index (χ4n) is 1.02. The molecule has 0 aliphatic carbocycles. The third-order valence-electron chi connectivity index (χ3n) is 1.65. The standard InChI is InChI=1S/C10H13N3O2/c1-3-7-13(8-4-2)10(14)12-9-5-6-11-15-9/h3-6H,1-2,7-8H2,(H,12,14). The van der Waals surface area contributed by atoms with Crippen molar-refractivity contribution in [2.45, 2.75) is 0 Å². The van der Waals surface area contributed by atoms with Crippen LogP contribution in [0.2, 0.25) is 0 Å². The van der Waals surface area contributed by atoms with Crippen molar-refractivity contribution in [2.24, 2.45) is 0 Å². The maximum absolute atomic E-state index is 11.6. The van der Waals surface area contributed by atoms with E-state index in [-0.39, 0.29) is 6.03 Å². The summed E-state index contributed by atoms with van der Waals surface area (Å²) in [6.45, 7) is 8.04. The van der Waals surface area contributed by atoms with Crippen LogP contribution in [-0.2, 0) is 0 Å². The third-order valence-corrected chi connectivity index (χ3v) is 1.65. The normalized spacial score (nSPS) is 9.33. The van der Waals surface area contributed by atoms with Gasteiger partial charge in [0.05, 0.1) is 6.20 Å². The minimum Gasteiger partial charge on any atom is -0.338 e. The summed E-state index contributed by atoms with van der Waals surface area (Å²) >= 11 is 0. The van der Waals surface area contributed by atoms with Gasteiger partial charge in [0.15, 0.2) is 0 Å². The Morgan fingerprint density at radius 3 is 2.67 bits per heavy atom. The van der Waals surface area contributed by atoms with Gasteiger partial charge in [-0.1, -0.05) is 17.3 Å². The number of nitrogens with one attached hydrogen (secondary N) is 1. The van der Waals surface area contributed by atoms with Crippen LogP contribution >= 0.6 is 0 Å². The summed E-state index contributed by atoms with van der Waals surface area (Å²) in [7, 11) is 0. The van der Waals surface area contributed by atoms with Crippen LogP contribution in [0.5, 0.6) is 0 Å². The molecule has 2 amide bonds. The Bertz CT molecular complexity index is 322. The minimum atomic E-state index is -0.272. The number of rotatable bonds is 5. The highest BCUT2D eigenvalue weighted by Crippen LogP contribution is 2.05. The average Bonchev–Trinajstić information content (AvgIpc) is 2.70. The maximum Gasteiger partial charge on any atom is 0.324 e. The van der Waals surface area contributed by atoms with Gasteiger partial charge in [0.25, 0.3) is 0 Å². The largest absolute Gasteiger partial charge is 0.338 e. The molecular weight excluding hydrogens is 194 g/mol. The van der Waals surface area contributed by atoms with Gasteiger partial charge in [-0.2, -0.15) is 0 Å². The van der Waals surface area contributed by atoms with E-state index >= 15 is 0 Å². The lowest BCUT2D eigenvalue weighted by Gasteiger charge is -2.18. The van der Waals surface area contributed by atoms with Gasteiger partial charge >= 0.3 is 6.03 Å². The van der Waals surface area contributed by atoms with Crippen molar-refractivity contribution in [1.82, 2.24) is 10.1 Å². The SMILES string of the molecule is C=CCN(CC=C)C(=O)Nc1ccno1. The van der Waals surface area contributed by atoms with E-state index in [1.807, 2.05) is 0 Å². The summed E-state index contributed by atoms with van der Waals surface area (Å²) in [5, 5.41) is 6.03. The van der Waals surface area contributed by atoms with Crippen molar-refractivity contribution in [3.8, 4) is 0 Å². The van der Waals surface area contributed by atoms with Crippen LogP contribution in [0.4, 0.5) is 10.7 Å². The lowest BCUT2D eigenvalue weighted by Crippen LogP contribution is -2.35. The zero-order valence-corrected chi connectivity index (χ0v) is 8.35. The summed E-state index contributed by atoms with van der Waals surface area (Å²) in [5.41, 5.74) is 0. The van der Waals surface area contributed by atoms with Gasteiger partial charge in [0.1, 0.15) is 0 Å². The molecule has 0 radical (unpaired) electrons. The van der Waals surface area contributed by atoms with E-state index in [0.717, 1.165) is 0 Å². The van der Waals surface area contributed by atoms with Crippen LogP contribution in [0, 0.1) is 0 Å². The van der Waals surface area contributed by atoms with Crippen molar-refractivity contribution >= 4 is 11.9 Å². The van der Waals surface area contributed by atoms with Crippen LogP contribution in [0.3, 0.4) is 0 Å². The molecule has 0 bridgehead atoms. The number of urea groups is 1. The summed E-state index contributed by atoms with van der Waals surface area (Å²) in [4.78, 5) is 13.2. The van der Waals surface area contributed by atoms with Crippen molar-refractivity contribution in [1.29, 1.82) is 0 Å². The Morgan fingerprint density at radius 2 is 2.20 bits per heavy atom. The van der Waals surface area contributed by atoms with Gasteiger partial charge in [-0.25, -0.2) is 4.79 Å². The highest BCUT2D eigenvalue weighted by atomic mass is 16.5. The Kier molecular flexibility index (Phi) is 4.15. The molecule has 80 valence electrons. The first kappa shape index (κ1) is 11.0. The second-order valence-electron chi connectivity index (χ2n) is 2.79. The summed E-state index contributed by atoms with van der Waals surface area (Å²) in [6.07, 6.45) is 4.74. The molecule has 0 aliphatic heterocycles. The van der Waals surface area contributed by atoms with Crippen LogP contribution in [0.15, 0.2) is 42.1 Å². The van der Waals surface area contributed by atoms with Gasteiger partial charge in [0, 0.05) is 19.2 Å². The number of anilines is 1. The van der Waals surface area contributed by atoms with Crippen LogP contribution in [0.1, 0.15) is 0 Å². The van der Waals surface area contributed by atoms with E-state index in [1.165, 1.54) is 11.1 Å². The van der Waals surface area contributed by atoms with Gasteiger partial charge < -0.3 is 9.42 Å². The molecule has 0 fully saturated rings. The molecule has 5 heteroatoms. The topological polar surface area (TPSA) is 58.4 Å². The van der Waals surface area contributed by atoms with E-state index in [9.17, 15) is 4.79 Å². The first-order valence-electron chi connectivity index (χ1n) is 4.46. The summed E-state index contributed by atoms with van der Waals surface area (Å²) in [5.74, 6) is 0.318. The van der Waals surface area contributed by atoms with E-state index in [4.69, 9.17) is 4.52 Å². The first-order chi connectivity index (χ1) is 7.27. The monoisotopic (exact) mass is 207 g/mol. The molecule has 0 atom stereocenters. The van der Waals surface area contributed by atoms with E-state index in [1.54, 1.807) is 18.2 Å². The van der Waals surface area contributed by atoms with Crippen molar-refractivity contribution in [3.05, 3.63) is 37.6 Å². The average molecular weight is 207 g/mol.